The number of hydrogen-bond donors (Lipinski definition) is 1. The van der Waals surface area contributed by atoms with Crippen molar-refractivity contribution in [1.29, 1.82) is 0 Å². The van der Waals surface area contributed by atoms with Gasteiger partial charge in [0.2, 0.25) is 0 Å². The van der Waals surface area contributed by atoms with Gasteiger partial charge in [-0.1, -0.05) is 87.5 Å². The molecule has 0 spiro atoms. The fourth-order valence-electron chi connectivity index (χ4n) is 5.31. The molecule has 5 rings (SSSR count). The summed E-state index contributed by atoms with van der Waals surface area (Å²) >= 11 is 0. The van der Waals surface area contributed by atoms with Gasteiger partial charge < -0.3 is 4.74 Å². The molecule has 240 valence electrons. The molecule has 9 nitrogen and oxygen atoms in total. The molecule has 5 aromatic rings. The van der Waals surface area contributed by atoms with Crippen LogP contribution in [0.3, 0.4) is 0 Å². The number of ether oxygens (including phenoxy) is 1. The van der Waals surface area contributed by atoms with Crippen LogP contribution >= 0.6 is 0 Å². The van der Waals surface area contributed by atoms with Crippen LogP contribution in [-0.4, -0.2) is 34.9 Å². The number of anilines is 1. The van der Waals surface area contributed by atoms with E-state index in [-0.39, 0.29) is 21.7 Å². The van der Waals surface area contributed by atoms with E-state index in [1.807, 2.05) is 19.1 Å². The third-order valence-electron chi connectivity index (χ3n) is 7.97. The molecular weight excluding hydrogens is 598 g/mol. The van der Waals surface area contributed by atoms with E-state index < -0.39 is 10.0 Å². The van der Waals surface area contributed by atoms with Crippen molar-refractivity contribution in [3.8, 4) is 17.0 Å². The Morgan fingerprint density at radius 3 is 2.20 bits per heavy atom. The highest BCUT2D eigenvalue weighted by atomic mass is 32.2. The molecule has 0 aliphatic heterocycles. The smallest absolute Gasteiger partial charge is 0.346 e. The first kappa shape index (κ1) is 32.7. The minimum atomic E-state index is -3.78. The zero-order valence-corrected chi connectivity index (χ0v) is 27.8. The largest absolute Gasteiger partial charge is 0.494 e. The third-order valence-corrected chi connectivity index (χ3v) is 9.35. The fraction of sp³-hybridized carbons (Fsp3) is 0.306. The first-order valence-electron chi connectivity index (χ1n) is 15.5. The number of nitrogens with one attached hydrogen (secondary N) is 1. The molecule has 10 heteroatoms. The lowest BCUT2D eigenvalue weighted by atomic mass is 9.87. The van der Waals surface area contributed by atoms with Crippen LogP contribution in [0.2, 0.25) is 0 Å². The molecular formula is C36H41N5O4S. The lowest BCUT2D eigenvalue weighted by Gasteiger charge is -2.19. The topological polar surface area (TPSA) is 108 Å². The summed E-state index contributed by atoms with van der Waals surface area (Å²) in [5.41, 5.74) is 5.28. The molecule has 0 amide bonds. The SMILES string of the molecule is CCn1c(CCCc2ccc(-c3cc(OC)c(NS(=O)(=O)c4ccccc4)cn3)cc2)nn(Cc2ccc(C(C)(C)C)cc2)c1=O. The molecule has 0 radical (unpaired) electrons. The average Bonchev–Trinajstić information content (AvgIpc) is 3.34. The maximum Gasteiger partial charge on any atom is 0.346 e. The summed E-state index contributed by atoms with van der Waals surface area (Å²) in [6, 6.07) is 26.4. The van der Waals surface area contributed by atoms with Crippen LogP contribution in [0, 0.1) is 0 Å². The molecule has 0 unspecified atom stereocenters. The molecule has 0 bridgehead atoms. The number of benzene rings is 3. The van der Waals surface area contributed by atoms with Crippen molar-refractivity contribution in [3.63, 3.8) is 0 Å². The van der Waals surface area contributed by atoms with Crippen molar-refractivity contribution in [2.24, 2.45) is 0 Å². The zero-order chi connectivity index (χ0) is 32.9. The number of methoxy groups -OCH3 is 1. The number of nitrogens with zero attached hydrogens (tertiary/aromatic N) is 4. The van der Waals surface area contributed by atoms with E-state index in [2.05, 4.69) is 66.9 Å². The predicted octanol–water partition coefficient (Wildman–Crippen LogP) is 6.46. The summed E-state index contributed by atoms with van der Waals surface area (Å²) < 4.78 is 37.0. The molecule has 0 saturated carbocycles. The van der Waals surface area contributed by atoms with Crippen LogP contribution in [-0.2, 0) is 41.4 Å². The molecule has 46 heavy (non-hydrogen) atoms. The Hall–Kier alpha value is -4.70. The monoisotopic (exact) mass is 639 g/mol. The van der Waals surface area contributed by atoms with E-state index in [1.165, 1.54) is 31.0 Å². The van der Waals surface area contributed by atoms with E-state index in [9.17, 15) is 13.2 Å². The Morgan fingerprint density at radius 2 is 1.57 bits per heavy atom. The number of hydrogen-bond acceptors (Lipinski definition) is 6. The van der Waals surface area contributed by atoms with Crippen molar-refractivity contribution < 1.29 is 13.2 Å². The fourth-order valence-corrected chi connectivity index (χ4v) is 6.39. The van der Waals surface area contributed by atoms with Crippen LogP contribution in [0.25, 0.3) is 11.3 Å². The lowest BCUT2D eigenvalue weighted by Crippen LogP contribution is -2.25. The highest BCUT2D eigenvalue weighted by Gasteiger charge is 2.18. The van der Waals surface area contributed by atoms with Crippen molar-refractivity contribution in [3.05, 3.63) is 124 Å². The molecule has 2 aromatic heterocycles. The van der Waals surface area contributed by atoms with Crippen molar-refractivity contribution in [1.82, 2.24) is 19.3 Å². The first-order valence-corrected chi connectivity index (χ1v) is 16.9. The summed E-state index contributed by atoms with van der Waals surface area (Å²) in [5.74, 6) is 1.17. The van der Waals surface area contributed by atoms with Gasteiger partial charge in [0.05, 0.1) is 30.4 Å². The standard InChI is InChI=1S/C36H41N5O4S/c1-6-40-34(38-41(35(40)42)25-27-17-21-29(22-18-27)36(2,3)4)14-10-11-26-15-19-28(20-16-26)31-23-33(45-5)32(24-37-31)39-46(43,44)30-12-8-7-9-13-30/h7-9,12-13,15-24,39H,6,10-11,14,25H2,1-5H3. The van der Waals surface area contributed by atoms with Gasteiger partial charge in [0.15, 0.2) is 0 Å². The van der Waals surface area contributed by atoms with Gasteiger partial charge in [0.25, 0.3) is 10.0 Å². The van der Waals surface area contributed by atoms with Gasteiger partial charge in [-0.15, -0.1) is 0 Å². The second-order valence-corrected chi connectivity index (χ2v) is 14.0. The van der Waals surface area contributed by atoms with E-state index in [0.29, 0.717) is 31.0 Å². The van der Waals surface area contributed by atoms with Crippen LogP contribution < -0.4 is 15.1 Å². The molecule has 0 atom stereocenters. The van der Waals surface area contributed by atoms with Crippen LogP contribution in [0.5, 0.6) is 5.75 Å². The highest BCUT2D eigenvalue weighted by molar-refractivity contribution is 7.92. The summed E-state index contributed by atoms with van der Waals surface area (Å²) in [6.45, 7) is 9.56. The molecule has 2 heterocycles. The molecule has 0 fully saturated rings. The first-order chi connectivity index (χ1) is 22.0. The van der Waals surface area contributed by atoms with Gasteiger partial charge in [-0.2, -0.15) is 5.10 Å². The van der Waals surface area contributed by atoms with E-state index in [4.69, 9.17) is 9.84 Å². The van der Waals surface area contributed by atoms with E-state index in [0.717, 1.165) is 35.4 Å². The summed E-state index contributed by atoms with van der Waals surface area (Å²) in [5, 5.41) is 4.70. The summed E-state index contributed by atoms with van der Waals surface area (Å²) in [7, 11) is -2.28. The summed E-state index contributed by atoms with van der Waals surface area (Å²) in [4.78, 5) is 17.7. The number of aryl methyl sites for hydroxylation is 2. The number of rotatable bonds is 12. The van der Waals surface area contributed by atoms with Gasteiger partial charge in [0.1, 0.15) is 17.3 Å². The average molecular weight is 640 g/mol. The Kier molecular flexibility index (Phi) is 9.76. The molecule has 0 aliphatic carbocycles. The minimum Gasteiger partial charge on any atom is -0.494 e. The quantitative estimate of drug-likeness (QED) is 0.168. The third kappa shape index (κ3) is 7.56. The lowest BCUT2D eigenvalue weighted by molar-refractivity contribution is 0.416. The van der Waals surface area contributed by atoms with Gasteiger partial charge in [-0.05, 0) is 54.0 Å². The Balaban J connectivity index is 1.21. The predicted molar refractivity (Wildman–Crippen MR) is 182 cm³/mol. The Labute approximate surface area is 271 Å². The number of pyridine rings is 1. The van der Waals surface area contributed by atoms with Crippen molar-refractivity contribution in [2.45, 2.75) is 70.4 Å². The second-order valence-electron chi connectivity index (χ2n) is 12.3. The Bertz CT molecular complexity index is 1940. The van der Waals surface area contributed by atoms with E-state index in [1.54, 1.807) is 33.5 Å². The van der Waals surface area contributed by atoms with E-state index >= 15 is 0 Å². The highest BCUT2D eigenvalue weighted by Crippen LogP contribution is 2.30. The van der Waals surface area contributed by atoms with Crippen molar-refractivity contribution >= 4 is 15.7 Å². The van der Waals surface area contributed by atoms with Gasteiger partial charge in [0, 0.05) is 24.6 Å². The van der Waals surface area contributed by atoms with Crippen LogP contribution in [0.1, 0.15) is 56.6 Å². The molecule has 3 aromatic carbocycles. The number of sulfonamides is 1. The van der Waals surface area contributed by atoms with Crippen LogP contribution in [0.15, 0.2) is 101 Å². The number of aromatic nitrogens is 4. The van der Waals surface area contributed by atoms with Crippen molar-refractivity contribution in [2.75, 3.05) is 11.8 Å². The van der Waals surface area contributed by atoms with Gasteiger partial charge >= 0.3 is 5.69 Å². The summed E-state index contributed by atoms with van der Waals surface area (Å²) in [6.07, 6.45) is 3.84. The molecule has 0 aliphatic rings. The normalized spacial score (nSPS) is 11.8. The second kappa shape index (κ2) is 13.7. The van der Waals surface area contributed by atoms with Gasteiger partial charge in [-0.25, -0.2) is 17.9 Å². The molecule has 1 N–H and O–H groups in total. The van der Waals surface area contributed by atoms with Crippen LogP contribution in [0.4, 0.5) is 5.69 Å². The maximum atomic E-state index is 13.1. The molecule has 0 saturated heterocycles. The van der Waals surface area contributed by atoms with Gasteiger partial charge in [-0.3, -0.25) is 14.3 Å². The zero-order valence-electron chi connectivity index (χ0n) is 27.0. The minimum absolute atomic E-state index is 0.0798. The maximum absolute atomic E-state index is 13.1. The Morgan fingerprint density at radius 1 is 0.891 bits per heavy atom.